The quantitative estimate of drug-likeness (QED) is 0.558. The van der Waals surface area contributed by atoms with Crippen molar-refractivity contribution in [1.82, 2.24) is 10.2 Å². The SMILES string of the molecule is CCOC(=O)N1CCC(NC(=O)c2ccc3c(c2)N=C(CCCCN)c2ccccc2S3)CC1. The lowest BCUT2D eigenvalue weighted by Crippen LogP contribution is -2.46. The standard InChI is InChI=1S/C26H32N4O3S/c1-2-33-26(32)30-15-12-19(13-16-30)28-25(31)18-10-11-24-22(17-18)29-21(8-5-6-14-27)20-7-3-4-9-23(20)34-24/h3-4,7,9-11,17,19H,2,5-6,8,12-16,27H2,1H3,(H,28,31). The highest BCUT2D eigenvalue weighted by molar-refractivity contribution is 7.99. The molecule has 2 amide bonds. The number of amides is 2. The fourth-order valence-corrected chi connectivity index (χ4v) is 5.29. The van der Waals surface area contributed by atoms with Crippen LogP contribution in [0.3, 0.4) is 0 Å². The number of unbranched alkanes of at least 4 members (excludes halogenated alkanes) is 1. The average molecular weight is 481 g/mol. The van der Waals surface area contributed by atoms with Gasteiger partial charge in [-0.05, 0) is 69.8 Å². The molecule has 1 saturated heterocycles. The van der Waals surface area contributed by atoms with Gasteiger partial charge in [0.15, 0.2) is 0 Å². The molecule has 3 N–H and O–H groups in total. The zero-order chi connectivity index (χ0) is 23.9. The molecular weight excluding hydrogens is 448 g/mol. The maximum absolute atomic E-state index is 13.0. The number of carbonyl (C=O) groups excluding carboxylic acids is 2. The second kappa shape index (κ2) is 11.5. The highest BCUT2D eigenvalue weighted by Gasteiger charge is 2.25. The van der Waals surface area contributed by atoms with E-state index in [1.807, 2.05) is 30.3 Å². The van der Waals surface area contributed by atoms with Crippen LogP contribution in [-0.4, -0.2) is 54.9 Å². The van der Waals surface area contributed by atoms with Gasteiger partial charge in [-0.25, -0.2) is 4.79 Å². The maximum Gasteiger partial charge on any atom is 0.409 e. The summed E-state index contributed by atoms with van der Waals surface area (Å²) >= 11 is 1.69. The van der Waals surface area contributed by atoms with Gasteiger partial charge in [0, 0.05) is 45.8 Å². The van der Waals surface area contributed by atoms with Crippen molar-refractivity contribution in [3.63, 3.8) is 0 Å². The minimum atomic E-state index is -0.281. The normalized spacial score (nSPS) is 15.6. The summed E-state index contributed by atoms with van der Waals surface area (Å²) in [5.41, 5.74) is 9.32. The van der Waals surface area contributed by atoms with E-state index in [0.717, 1.165) is 41.1 Å². The highest BCUT2D eigenvalue weighted by Crippen LogP contribution is 2.41. The molecule has 0 spiro atoms. The molecule has 0 bridgehead atoms. The molecule has 2 aromatic carbocycles. The Morgan fingerprint density at radius 3 is 2.71 bits per heavy atom. The van der Waals surface area contributed by atoms with Crippen LogP contribution in [0.2, 0.25) is 0 Å². The molecule has 2 aromatic rings. The molecule has 7 nitrogen and oxygen atoms in total. The van der Waals surface area contributed by atoms with E-state index in [9.17, 15) is 9.59 Å². The van der Waals surface area contributed by atoms with E-state index in [1.165, 1.54) is 4.90 Å². The number of nitrogens with zero attached hydrogens (tertiary/aromatic N) is 2. The number of carbonyl (C=O) groups is 2. The summed E-state index contributed by atoms with van der Waals surface area (Å²) in [6.07, 6.45) is 3.93. The van der Waals surface area contributed by atoms with Crippen molar-refractivity contribution in [1.29, 1.82) is 0 Å². The van der Waals surface area contributed by atoms with Crippen molar-refractivity contribution in [2.75, 3.05) is 26.2 Å². The Morgan fingerprint density at radius 2 is 1.94 bits per heavy atom. The summed E-state index contributed by atoms with van der Waals surface area (Å²) in [4.78, 5) is 33.9. The van der Waals surface area contributed by atoms with Crippen LogP contribution in [-0.2, 0) is 4.74 Å². The number of fused-ring (bicyclic) bond motifs is 2. The van der Waals surface area contributed by atoms with Gasteiger partial charge >= 0.3 is 6.09 Å². The highest BCUT2D eigenvalue weighted by atomic mass is 32.2. The zero-order valence-corrected chi connectivity index (χ0v) is 20.4. The predicted molar refractivity (Wildman–Crippen MR) is 135 cm³/mol. The van der Waals surface area contributed by atoms with Crippen molar-refractivity contribution in [3.8, 4) is 0 Å². The lowest BCUT2D eigenvalue weighted by molar-refractivity contribution is 0.0860. The van der Waals surface area contributed by atoms with E-state index in [1.54, 1.807) is 23.6 Å². The van der Waals surface area contributed by atoms with Crippen molar-refractivity contribution >= 4 is 35.2 Å². The Balaban J connectivity index is 1.47. The summed E-state index contributed by atoms with van der Waals surface area (Å²) in [5.74, 6) is -0.107. The van der Waals surface area contributed by atoms with Crippen LogP contribution in [0.4, 0.5) is 10.5 Å². The van der Waals surface area contributed by atoms with Crippen LogP contribution >= 0.6 is 11.8 Å². The number of hydrogen-bond donors (Lipinski definition) is 2. The van der Waals surface area contributed by atoms with Gasteiger partial charge in [0.2, 0.25) is 0 Å². The molecule has 2 aliphatic rings. The van der Waals surface area contributed by atoms with Gasteiger partial charge in [-0.3, -0.25) is 9.79 Å². The maximum atomic E-state index is 13.0. The van der Waals surface area contributed by atoms with E-state index in [2.05, 4.69) is 17.4 Å². The number of nitrogens with one attached hydrogen (secondary N) is 1. The molecule has 0 atom stereocenters. The smallest absolute Gasteiger partial charge is 0.409 e. The number of benzene rings is 2. The Labute approximate surface area is 205 Å². The van der Waals surface area contributed by atoms with Crippen LogP contribution in [0.25, 0.3) is 0 Å². The first-order valence-electron chi connectivity index (χ1n) is 12.0. The molecule has 2 heterocycles. The first-order valence-corrected chi connectivity index (χ1v) is 12.8. The molecule has 0 aromatic heterocycles. The lowest BCUT2D eigenvalue weighted by Gasteiger charge is -2.31. The summed E-state index contributed by atoms with van der Waals surface area (Å²) in [6, 6.07) is 14.1. The number of likely N-dealkylation sites (tertiary alicyclic amines) is 1. The van der Waals surface area contributed by atoms with Gasteiger partial charge in [-0.2, -0.15) is 0 Å². The fourth-order valence-electron chi connectivity index (χ4n) is 4.27. The molecule has 1 fully saturated rings. The molecule has 2 aliphatic heterocycles. The Morgan fingerprint density at radius 1 is 1.15 bits per heavy atom. The topological polar surface area (TPSA) is 97.0 Å². The molecule has 4 rings (SSSR count). The van der Waals surface area contributed by atoms with Crippen LogP contribution in [0.5, 0.6) is 0 Å². The van der Waals surface area contributed by atoms with Crippen LogP contribution in [0.1, 0.15) is 54.9 Å². The molecule has 34 heavy (non-hydrogen) atoms. The second-order valence-electron chi connectivity index (χ2n) is 8.52. The van der Waals surface area contributed by atoms with Crippen LogP contribution in [0, 0.1) is 0 Å². The Bertz CT molecular complexity index is 1060. The van der Waals surface area contributed by atoms with Gasteiger partial charge in [0.05, 0.1) is 12.3 Å². The van der Waals surface area contributed by atoms with Crippen molar-refractivity contribution in [2.24, 2.45) is 10.7 Å². The number of nitrogens with two attached hydrogens (primary N) is 1. The molecule has 0 radical (unpaired) electrons. The largest absolute Gasteiger partial charge is 0.450 e. The first-order chi connectivity index (χ1) is 16.6. The summed E-state index contributed by atoms with van der Waals surface area (Å²) < 4.78 is 5.07. The minimum absolute atomic E-state index is 0.0333. The minimum Gasteiger partial charge on any atom is -0.450 e. The molecule has 0 saturated carbocycles. The number of ether oxygens (including phenoxy) is 1. The van der Waals surface area contributed by atoms with Crippen molar-refractivity contribution in [3.05, 3.63) is 53.6 Å². The van der Waals surface area contributed by atoms with Crippen molar-refractivity contribution < 1.29 is 14.3 Å². The summed E-state index contributed by atoms with van der Waals surface area (Å²) in [6.45, 7) is 4.01. The molecule has 0 unspecified atom stereocenters. The third kappa shape index (κ3) is 5.80. The second-order valence-corrected chi connectivity index (χ2v) is 9.60. The number of rotatable bonds is 7. The van der Waals surface area contributed by atoms with Crippen molar-refractivity contribution in [2.45, 2.75) is 54.9 Å². The number of piperidine rings is 1. The third-order valence-corrected chi connectivity index (χ3v) is 7.26. The van der Waals surface area contributed by atoms with Gasteiger partial charge < -0.3 is 20.7 Å². The molecule has 180 valence electrons. The van der Waals surface area contributed by atoms with Gasteiger partial charge in [-0.15, -0.1) is 0 Å². The lowest BCUT2D eigenvalue weighted by atomic mass is 10.0. The third-order valence-electron chi connectivity index (χ3n) is 6.12. The van der Waals surface area contributed by atoms with E-state index >= 15 is 0 Å². The monoisotopic (exact) mass is 480 g/mol. The molecule has 0 aliphatic carbocycles. The number of aliphatic imine (C=N–C) groups is 1. The van der Waals surface area contributed by atoms with E-state index in [4.69, 9.17) is 15.5 Å². The fraction of sp³-hybridized carbons (Fsp3) is 0.423. The van der Waals surface area contributed by atoms with Crippen LogP contribution < -0.4 is 11.1 Å². The molecule has 8 heteroatoms. The van der Waals surface area contributed by atoms with E-state index in [-0.39, 0.29) is 18.0 Å². The Hall–Kier alpha value is -2.84. The predicted octanol–water partition coefficient (Wildman–Crippen LogP) is 4.75. The van der Waals surface area contributed by atoms with Gasteiger partial charge in [-0.1, -0.05) is 30.0 Å². The summed E-state index contributed by atoms with van der Waals surface area (Å²) in [7, 11) is 0. The number of hydrogen-bond acceptors (Lipinski definition) is 6. The average Bonchev–Trinajstić information content (AvgIpc) is 3.01. The van der Waals surface area contributed by atoms with Gasteiger partial charge in [0.25, 0.3) is 5.91 Å². The zero-order valence-electron chi connectivity index (χ0n) is 19.6. The summed E-state index contributed by atoms with van der Waals surface area (Å²) in [5, 5.41) is 3.13. The van der Waals surface area contributed by atoms with E-state index < -0.39 is 0 Å². The van der Waals surface area contributed by atoms with E-state index in [0.29, 0.717) is 44.6 Å². The van der Waals surface area contributed by atoms with Gasteiger partial charge in [0.1, 0.15) is 0 Å². The Kier molecular flexibility index (Phi) is 8.24. The molecular formula is C26H32N4O3S. The first kappa shape index (κ1) is 24.3. The van der Waals surface area contributed by atoms with Crippen LogP contribution in [0.15, 0.2) is 57.2 Å².